The molecule has 3 aromatic rings. The molecule has 1 fully saturated rings. The zero-order valence-corrected chi connectivity index (χ0v) is 15.1. The van der Waals surface area contributed by atoms with Gasteiger partial charge in [0, 0.05) is 19.6 Å². The van der Waals surface area contributed by atoms with E-state index in [-0.39, 0.29) is 12.4 Å². The monoisotopic (exact) mass is 358 g/mol. The Morgan fingerprint density at radius 2 is 1.88 bits per heavy atom. The van der Waals surface area contributed by atoms with Crippen LogP contribution in [0.5, 0.6) is 0 Å². The van der Waals surface area contributed by atoms with Crippen LogP contribution in [0.1, 0.15) is 31.2 Å². The van der Waals surface area contributed by atoms with Gasteiger partial charge >= 0.3 is 0 Å². The van der Waals surface area contributed by atoms with Gasteiger partial charge in [-0.05, 0) is 18.4 Å². The summed E-state index contributed by atoms with van der Waals surface area (Å²) in [5.74, 6) is 1.52. The van der Waals surface area contributed by atoms with Gasteiger partial charge in [-0.1, -0.05) is 43.2 Å². The number of aryl methyl sites for hydroxylation is 1. The molecule has 1 saturated carbocycles. The van der Waals surface area contributed by atoms with E-state index in [4.69, 9.17) is 4.98 Å². The summed E-state index contributed by atoms with van der Waals surface area (Å²) < 4.78 is 1.80. The van der Waals surface area contributed by atoms with E-state index < -0.39 is 0 Å². The third kappa shape index (κ3) is 3.85. The molecule has 7 heteroatoms. The van der Waals surface area contributed by atoms with Crippen molar-refractivity contribution in [3.63, 3.8) is 0 Å². The highest BCUT2D eigenvalue weighted by molar-refractivity contribution is 5.87. The van der Waals surface area contributed by atoms with Crippen LogP contribution < -0.4 is 10.6 Å². The van der Waals surface area contributed by atoms with Crippen molar-refractivity contribution in [3.8, 4) is 0 Å². The fourth-order valence-electron chi connectivity index (χ4n) is 3.26. The molecular formula is C18H23ClN6. The van der Waals surface area contributed by atoms with Gasteiger partial charge in [0.05, 0.1) is 11.6 Å². The van der Waals surface area contributed by atoms with Gasteiger partial charge in [0.1, 0.15) is 5.82 Å². The van der Waals surface area contributed by atoms with E-state index in [0.29, 0.717) is 12.0 Å². The fourth-order valence-corrected chi connectivity index (χ4v) is 3.26. The van der Waals surface area contributed by atoms with Crippen LogP contribution in [0.2, 0.25) is 0 Å². The van der Waals surface area contributed by atoms with Gasteiger partial charge < -0.3 is 10.6 Å². The zero-order chi connectivity index (χ0) is 16.4. The molecule has 0 atom stereocenters. The van der Waals surface area contributed by atoms with Gasteiger partial charge in [0.2, 0.25) is 5.95 Å². The largest absolute Gasteiger partial charge is 0.365 e. The fraction of sp³-hybridized carbons (Fsp3) is 0.389. The lowest BCUT2D eigenvalue weighted by Gasteiger charge is -2.14. The van der Waals surface area contributed by atoms with Crippen molar-refractivity contribution in [1.82, 2.24) is 19.7 Å². The molecule has 2 heterocycles. The maximum atomic E-state index is 4.71. The lowest BCUT2D eigenvalue weighted by Crippen LogP contribution is -2.17. The van der Waals surface area contributed by atoms with Gasteiger partial charge in [-0.3, -0.25) is 4.68 Å². The van der Waals surface area contributed by atoms with Crippen LogP contribution in [0.4, 0.5) is 11.8 Å². The van der Waals surface area contributed by atoms with E-state index in [1.807, 2.05) is 31.4 Å². The second-order valence-corrected chi connectivity index (χ2v) is 6.37. The Morgan fingerprint density at radius 3 is 2.64 bits per heavy atom. The van der Waals surface area contributed by atoms with E-state index >= 15 is 0 Å². The molecule has 0 saturated heterocycles. The van der Waals surface area contributed by atoms with Crippen LogP contribution in [-0.2, 0) is 13.6 Å². The number of halogens is 1. The maximum Gasteiger partial charge on any atom is 0.226 e. The molecule has 132 valence electrons. The van der Waals surface area contributed by atoms with E-state index in [2.05, 4.69) is 32.8 Å². The number of benzene rings is 1. The summed E-state index contributed by atoms with van der Waals surface area (Å²) in [5.41, 5.74) is 2.07. The molecule has 2 aromatic heterocycles. The minimum atomic E-state index is 0. The van der Waals surface area contributed by atoms with E-state index in [1.54, 1.807) is 4.68 Å². The van der Waals surface area contributed by atoms with Crippen molar-refractivity contribution in [2.75, 3.05) is 10.6 Å². The van der Waals surface area contributed by atoms with Crippen LogP contribution in [0.3, 0.4) is 0 Å². The Morgan fingerprint density at radius 1 is 1.12 bits per heavy atom. The number of hydrogen-bond donors (Lipinski definition) is 2. The van der Waals surface area contributed by atoms with Crippen molar-refractivity contribution >= 4 is 35.2 Å². The Kier molecular flexibility index (Phi) is 5.38. The first-order valence-corrected chi connectivity index (χ1v) is 8.54. The molecule has 25 heavy (non-hydrogen) atoms. The van der Waals surface area contributed by atoms with Crippen LogP contribution in [-0.4, -0.2) is 25.8 Å². The van der Waals surface area contributed by atoms with Gasteiger partial charge in [-0.2, -0.15) is 15.1 Å². The highest BCUT2D eigenvalue weighted by Crippen LogP contribution is 2.25. The molecule has 4 rings (SSSR count). The summed E-state index contributed by atoms with van der Waals surface area (Å²) in [7, 11) is 1.91. The molecule has 1 aromatic carbocycles. The van der Waals surface area contributed by atoms with E-state index in [0.717, 1.165) is 23.4 Å². The third-order valence-electron chi connectivity index (χ3n) is 4.58. The smallest absolute Gasteiger partial charge is 0.226 e. The highest BCUT2D eigenvalue weighted by atomic mass is 35.5. The number of hydrogen-bond acceptors (Lipinski definition) is 5. The van der Waals surface area contributed by atoms with Crippen LogP contribution >= 0.6 is 12.4 Å². The average molecular weight is 359 g/mol. The highest BCUT2D eigenvalue weighted by Gasteiger charge is 2.18. The number of rotatable bonds is 5. The van der Waals surface area contributed by atoms with Crippen molar-refractivity contribution < 1.29 is 0 Å². The molecule has 0 amide bonds. The predicted octanol–water partition coefficient (Wildman–Crippen LogP) is 3.75. The molecule has 6 nitrogen and oxygen atoms in total. The topological polar surface area (TPSA) is 67.7 Å². The number of nitrogens with zero attached hydrogens (tertiary/aromatic N) is 4. The summed E-state index contributed by atoms with van der Waals surface area (Å²) in [4.78, 5) is 9.36. The number of nitrogens with one attached hydrogen (secondary N) is 2. The molecule has 0 spiro atoms. The van der Waals surface area contributed by atoms with Gasteiger partial charge in [0.15, 0.2) is 5.65 Å². The average Bonchev–Trinajstić information content (AvgIpc) is 3.24. The van der Waals surface area contributed by atoms with Crippen LogP contribution in [0, 0.1) is 0 Å². The SMILES string of the molecule is Cl.Cn1ncc2c(NCc3ccccc3)nc(NC3CCCC3)nc21. The Hall–Kier alpha value is -2.34. The summed E-state index contributed by atoms with van der Waals surface area (Å²) in [6, 6.07) is 10.8. The molecule has 0 bridgehead atoms. The van der Waals surface area contributed by atoms with Gasteiger partial charge in [0.25, 0.3) is 0 Å². The van der Waals surface area contributed by atoms with Crippen LogP contribution in [0.15, 0.2) is 36.5 Å². The number of anilines is 2. The minimum absolute atomic E-state index is 0. The Bertz CT molecular complexity index is 826. The summed E-state index contributed by atoms with van der Waals surface area (Å²) in [6.45, 7) is 0.727. The van der Waals surface area contributed by atoms with Crippen molar-refractivity contribution in [3.05, 3.63) is 42.1 Å². The molecule has 0 aliphatic heterocycles. The van der Waals surface area contributed by atoms with E-state index in [9.17, 15) is 0 Å². The normalized spacial score (nSPS) is 14.4. The van der Waals surface area contributed by atoms with Crippen molar-refractivity contribution in [1.29, 1.82) is 0 Å². The molecular weight excluding hydrogens is 336 g/mol. The summed E-state index contributed by atoms with van der Waals surface area (Å²) >= 11 is 0. The second-order valence-electron chi connectivity index (χ2n) is 6.37. The van der Waals surface area contributed by atoms with Crippen molar-refractivity contribution in [2.24, 2.45) is 7.05 Å². The Balaban J connectivity index is 0.00000182. The van der Waals surface area contributed by atoms with Crippen molar-refractivity contribution in [2.45, 2.75) is 38.3 Å². The minimum Gasteiger partial charge on any atom is -0.365 e. The molecule has 2 N–H and O–H groups in total. The molecule has 0 unspecified atom stereocenters. The third-order valence-corrected chi connectivity index (χ3v) is 4.58. The first-order valence-electron chi connectivity index (χ1n) is 8.54. The molecule has 1 aliphatic rings. The molecule has 0 radical (unpaired) electrons. The number of aromatic nitrogens is 4. The maximum absolute atomic E-state index is 4.71. The quantitative estimate of drug-likeness (QED) is 0.727. The Labute approximate surface area is 153 Å². The first-order chi connectivity index (χ1) is 11.8. The van der Waals surface area contributed by atoms with Crippen LogP contribution in [0.25, 0.3) is 11.0 Å². The van der Waals surface area contributed by atoms with E-state index in [1.165, 1.54) is 31.2 Å². The summed E-state index contributed by atoms with van der Waals surface area (Å²) in [5, 5.41) is 12.2. The first kappa shape index (κ1) is 17.5. The molecule has 1 aliphatic carbocycles. The predicted molar refractivity (Wildman–Crippen MR) is 103 cm³/mol. The standard InChI is InChI=1S/C18H22N6.ClH/c1-24-17-15(12-20-24)16(19-11-13-7-3-2-4-8-13)22-18(23-17)21-14-9-5-6-10-14;/h2-4,7-8,12,14H,5-6,9-11H2,1H3,(H2,19,21,22,23);1H. The second kappa shape index (κ2) is 7.70. The van der Waals surface area contributed by atoms with Gasteiger partial charge in [-0.15, -0.1) is 12.4 Å². The van der Waals surface area contributed by atoms with Gasteiger partial charge in [-0.25, -0.2) is 0 Å². The number of fused-ring (bicyclic) bond motifs is 1. The lowest BCUT2D eigenvalue weighted by atomic mass is 10.2. The summed E-state index contributed by atoms with van der Waals surface area (Å²) in [6.07, 6.45) is 6.77. The zero-order valence-electron chi connectivity index (χ0n) is 14.3. The lowest BCUT2D eigenvalue weighted by molar-refractivity contribution is 0.741.